The number of amides is 1. The predicted molar refractivity (Wildman–Crippen MR) is 169 cm³/mol. The van der Waals surface area contributed by atoms with Crippen LogP contribution in [0.4, 0.5) is 0 Å². The highest BCUT2D eigenvalue weighted by Crippen LogP contribution is 2.29. The molecular weight excluding hydrogens is 614 g/mol. The molecule has 0 aliphatic carbocycles. The topological polar surface area (TPSA) is 64.2 Å². The van der Waals surface area contributed by atoms with Crippen LogP contribution in [0.1, 0.15) is 34.1 Å². The number of fused-ring (bicyclic) bond motifs is 3. The number of nitrogens with zero attached hydrogens (tertiary/aromatic N) is 2. The Balaban J connectivity index is 0.00000384. The van der Waals surface area contributed by atoms with Gasteiger partial charge in [0.1, 0.15) is 11.6 Å². The van der Waals surface area contributed by atoms with Gasteiger partial charge in [0.05, 0.1) is 6.61 Å². The minimum atomic E-state index is -0.824. The molecular formula is C37H34BrN3O3. The molecule has 0 aliphatic heterocycles. The van der Waals surface area contributed by atoms with E-state index in [2.05, 4.69) is 64.6 Å². The molecule has 0 radical (unpaired) electrons. The summed E-state index contributed by atoms with van der Waals surface area (Å²) < 4.78 is 9.65. The average Bonchev–Trinajstić information content (AvgIpc) is 3.34. The summed E-state index contributed by atoms with van der Waals surface area (Å²) in [5.41, 5.74) is 5.80. The van der Waals surface area contributed by atoms with Crippen LogP contribution in [0.2, 0.25) is 0 Å². The van der Waals surface area contributed by atoms with Gasteiger partial charge in [0.25, 0.3) is 5.69 Å². The van der Waals surface area contributed by atoms with Gasteiger partial charge in [-0.25, -0.2) is 4.79 Å². The molecule has 0 spiro atoms. The third kappa shape index (κ3) is 6.74. The Morgan fingerprint density at radius 2 is 1.34 bits per heavy atom. The first-order chi connectivity index (χ1) is 21.1. The molecule has 0 bridgehead atoms. The fourth-order valence-electron chi connectivity index (χ4n) is 5.64. The summed E-state index contributed by atoms with van der Waals surface area (Å²) in [6.45, 7) is 3.20. The van der Waals surface area contributed by atoms with E-state index in [9.17, 15) is 9.59 Å². The Labute approximate surface area is 267 Å². The Kier molecular flexibility index (Phi) is 9.87. The Morgan fingerprint density at radius 3 is 2.00 bits per heavy atom. The summed E-state index contributed by atoms with van der Waals surface area (Å²) in [5, 5.41) is 5.06. The number of para-hydroxylation sites is 1. The zero-order valence-electron chi connectivity index (χ0n) is 24.5. The average molecular weight is 649 g/mol. The van der Waals surface area contributed by atoms with Crippen molar-refractivity contribution >= 4 is 33.7 Å². The van der Waals surface area contributed by atoms with E-state index in [-0.39, 0.29) is 29.5 Å². The molecule has 0 fully saturated rings. The molecule has 1 atom stereocenters. The van der Waals surface area contributed by atoms with Gasteiger partial charge in [0, 0.05) is 40.9 Å². The minimum Gasteiger partial charge on any atom is -1.00 e. The van der Waals surface area contributed by atoms with Crippen molar-refractivity contribution in [2.45, 2.75) is 32.5 Å². The number of hydrogen-bond donors (Lipinski definition) is 1. The van der Waals surface area contributed by atoms with Crippen molar-refractivity contribution in [3.05, 3.63) is 150 Å². The SMILES string of the molecule is CCOC(=O)[C@H](Cc1ccccc1)NC(=O)c1cc2c3ccccc3n(Cc3ccccc3)c2c[n+]1Cc1ccccc1.[Br-]. The summed E-state index contributed by atoms with van der Waals surface area (Å²) in [5.74, 6) is -0.776. The first kappa shape index (κ1) is 30.7. The Hall–Kier alpha value is -4.75. The highest BCUT2D eigenvalue weighted by molar-refractivity contribution is 6.09. The molecule has 2 aromatic heterocycles. The lowest BCUT2D eigenvalue weighted by Crippen LogP contribution is -3.00. The van der Waals surface area contributed by atoms with Crippen LogP contribution in [0.3, 0.4) is 0 Å². The molecule has 6 aromatic rings. The second-order valence-corrected chi connectivity index (χ2v) is 10.6. The fourth-order valence-corrected chi connectivity index (χ4v) is 5.64. The summed E-state index contributed by atoms with van der Waals surface area (Å²) >= 11 is 0. The lowest BCUT2D eigenvalue weighted by atomic mass is 10.1. The highest BCUT2D eigenvalue weighted by atomic mass is 79.9. The maximum atomic E-state index is 14.1. The number of pyridine rings is 1. The molecule has 0 saturated heterocycles. The van der Waals surface area contributed by atoms with Gasteiger partial charge in [-0.1, -0.05) is 109 Å². The van der Waals surface area contributed by atoms with Gasteiger partial charge in [-0.2, -0.15) is 4.57 Å². The first-order valence-corrected chi connectivity index (χ1v) is 14.6. The summed E-state index contributed by atoms with van der Waals surface area (Å²) in [6.07, 6.45) is 2.40. The molecule has 0 saturated carbocycles. The fraction of sp³-hybridized carbons (Fsp3) is 0.162. The van der Waals surface area contributed by atoms with E-state index >= 15 is 0 Å². The normalized spacial score (nSPS) is 11.6. The first-order valence-electron chi connectivity index (χ1n) is 14.6. The number of rotatable bonds is 10. The van der Waals surface area contributed by atoms with Crippen molar-refractivity contribution in [3.8, 4) is 0 Å². The van der Waals surface area contributed by atoms with E-state index in [1.165, 1.54) is 5.56 Å². The van der Waals surface area contributed by atoms with Crippen molar-refractivity contribution < 1.29 is 35.9 Å². The van der Waals surface area contributed by atoms with Crippen LogP contribution >= 0.6 is 0 Å². The zero-order chi connectivity index (χ0) is 29.6. The number of esters is 1. The summed E-state index contributed by atoms with van der Waals surface area (Å²) in [7, 11) is 0. The predicted octanol–water partition coefficient (Wildman–Crippen LogP) is 3.09. The maximum Gasteiger partial charge on any atom is 0.328 e. The maximum absolute atomic E-state index is 14.1. The molecule has 2 heterocycles. The number of nitrogens with one attached hydrogen (secondary N) is 1. The van der Waals surface area contributed by atoms with E-state index in [0.29, 0.717) is 25.2 Å². The van der Waals surface area contributed by atoms with Gasteiger partial charge < -0.3 is 31.6 Å². The zero-order valence-corrected chi connectivity index (χ0v) is 26.1. The molecule has 4 aromatic carbocycles. The number of hydrogen-bond acceptors (Lipinski definition) is 3. The third-order valence-corrected chi connectivity index (χ3v) is 7.69. The molecule has 44 heavy (non-hydrogen) atoms. The van der Waals surface area contributed by atoms with Crippen LogP contribution in [0, 0.1) is 0 Å². The monoisotopic (exact) mass is 647 g/mol. The van der Waals surface area contributed by atoms with Crippen molar-refractivity contribution in [1.82, 2.24) is 9.88 Å². The van der Waals surface area contributed by atoms with E-state index in [1.807, 2.05) is 77.4 Å². The van der Waals surface area contributed by atoms with E-state index in [0.717, 1.165) is 32.9 Å². The van der Waals surface area contributed by atoms with Crippen LogP contribution in [-0.4, -0.2) is 29.1 Å². The van der Waals surface area contributed by atoms with Crippen LogP contribution < -0.4 is 26.9 Å². The van der Waals surface area contributed by atoms with Crippen LogP contribution in [-0.2, 0) is 29.0 Å². The van der Waals surface area contributed by atoms with Crippen molar-refractivity contribution in [1.29, 1.82) is 0 Å². The second-order valence-electron chi connectivity index (χ2n) is 10.6. The molecule has 1 N–H and O–H groups in total. The molecule has 7 heteroatoms. The molecule has 6 nitrogen and oxygen atoms in total. The Morgan fingerprint density at radius 1 is 0.750 bits per heavy atom. The number of ether oxygens (including phenoxy) is 1. The van der Waals surface area contributed by atoms with Crippen LogP contribution in [0.15, 0.2) is 128 Å². The van der Waals surface area contributed by atoms with E-state index in [1.54, 1.807) is 6.92 Å². The van der Waals surface area contributed by atoms with E-state index in [4.69, 9.17) is 4.74 Å². The Bertz CT molecular complexity index is 1870. The summed E-state index contributed by atoms with van der Waals surface area (Å²) in [6, 6.07) is 39.5. The van der Waals surface area contributed by atoms with Gasteiger partial charge in [-0.05, 0) is 24.1 Å². The smallest absolute Gasteiger partial charge is 0.328 e. The van der Waals surface area contributed by atoms with Crippen molar-refractivity contribution in [2.24, 2.45) is 0 Å². The minimum absolute atomic E-state index is 0. The number of carbonyl (C=O) groups is 2. The van der Waals surface area contributed by atoms with Gasteiger partial charge in [0.2, 0.25) is 0 Å². The number of aromatic nitrogens is 2. The van der Waals surface area contributed by atoms with Crippen molar-refractivity contribution in [2.75, 3.05) is 6.61 Å². The number of carbonyl (C=O) groups excluding carboxylic acids is 2. The van der Waals surface area contributed by atoms with Crippen LogP contribution in [0.25, 0.3) is 21.8 Å². The highest BCUT2D eigenvalue weighted by Gasteiger charge is 2.29. The molecule has 222 valence electrons. The number of halogens is 1. The third-order valence-electron chi connectivity index (χ3n) is 7.69. The lowest BCUT2D eigenvalue weighted by molar-refractivity contribution is -0.689. The van der Waals surface area contributed by atoms with E-state index < -0.39 is 12.0 Å². The van der Waals surface area contributed by atoms with Crippen LogP contribution in [0.5, 0.6) is 0 Å². The van der Waals surface area contributed by atoms with Gasteiger partial charge in [-0.15, -0.1) is 0 Å². The second kappa shape index (κ2) is 14.1. The molecule has 6 rings (SSSR count). The van der Waals surface area contributed by atoms with Crippen molar-refractivity contribution in [3.63, 3.8) is 0 Å². The lowest BCUT2D eigenvalue weighted by Gasteiger charge is -2.17. The van der Waals surface area contributed by atoms with Gasteiger partial charge in [0.15, 0.2) is 12.7 Å². The summed E-state index contributed by atoms with van der Waals surface area (Å²) in [4.78, 5) is 27.1. The largest absolute Gasteiger partial charge is 1.00 e. The molecule has 1 amide bonds. The molecule has 0 unspecified atom stereocenters. The van der Waals surface area contributed by atoms with Gasteiger partial charge in [-0.3, -0.25) is 4.79 Å². The standard InChI is InChI=1S/C37H33N3O3.BrH/c1-2-43-37(42)32(22-27-14-6-3-7-15-27)38-36(41)34-23-31-30-20-12-13-21-33(30)40(25-29-18-10-5-11-19-29)35(31)26-39(34)24-28-16-8-4-9-17-28;/h3-21,23,26,32H,2,22,24-25H2,1H3;1H/t32-;/m0./s1. The van der Waals surface area contributed by atoms with Gasteiger partial charge >= 0.3 is 11.9 Å². The molecule has 0 aliphatic rings. The quantitative estimate of drug-likeness (QED) is 0.184. The number of benzene rings is 4.